The van der Waals surface area contributed by atoms with Crippen LogP contribution in [0.3, 0.4) is 0 Å². The van der Waals surface area contributed by atoms with Gasteiger partial charge in [-0.1, -0.05) is 12.1 Å². The monoisotopic (exact) mass is 288 g/mol. The van der Waals surface area contributed by atoms with Gasteiger partial charge in [0.2, 0.25) is 6.29 Å². The second-order valence-corrected chi connectivity index (χ2v) is 4.78. The summed E-state index contributed by atoms with van der Waals surface area (Å²) in [6.45, 7) is 0. The number of carbonyl (C=O) groups excluding carboxylic acids is 1. The molecule has 0 aliphatic carbocycles. The Morgan fingerprint density at radius 3 is 2.29 bits per heavy atom. The van der Waals surface area contributed by atoms with Gasteiger partial charge in [-0.15, -0.1) is 0 Å². The zero-order valence-corrected chi connectivity index (χ0v) is 10.7. The number of ether oxygens (including phenoxy) is 1. The molecule has 3 rings (SSSR count). The number of phenols is 3. The number of ketones is 1. The minimum absolute atomic E-state index is 0.0330. The summed E-state index contributed by atoms with van der Waals surface area (Å²) in [5.41, 5.74) is 0.361. The van der Waals surface area contributed by atoms with E-state index in [0.717, 1.165) is 12.1 Å². The summed E-state index contributed by atoms with van der Waals surface area (Å²) < 4.78 is 5.21. The minimum atomic E-state index is -1.45. The van der Waals surface area contributed by atoms with Gasteiger partial charge in [0.25, 0.3) is 0 Å². The predicted molar refractivity (Wildman–Crippen MR) is 71.6 cm³/mol. The second-order valence-electron chi connectivity index (χ2n) is 4.78. The van der Waals surface area contributed by atoms with Crippen LogP contribution in [0.2, 0.25) is 0 Å². The molecule has 0 radical (unpaired) electrons. The molecule has 0 aromatic heterocycles. The minimum Gasteiger partial charge on any atom is -0.508 e. The number of hydrogen-bond acceptors (Lipinski definition) is 6. The maximum absolute atomic E-state index is 12.5. The first-order chi connectivity index (χ1) is 9.97. The van der Waals surface area contributed by atoms with E-state index in [1.54, 1.807) is 0 Å². The number of rotatable bonds is 1. The van der Waals surface area contributed by atoms with E-state index in [0.29, 0.717) is 5.56 Å². The van der Waals surface area contributed by atoms with Crippen molar-refractivity contribution in [3.63, 3.8) is 0 Å². The average molecular weight is 288 g/mol. The summed E-state index contributed by atoms with van der Waals surface area (Å²) >= 11 is 0. The Hall–Kier alpha value is -2.73. The lowest BCUT2D eigenvalue weighted by molar-refractivity contribution is -0.0389. The van der Waals surface area contributed by atoms with Crippen LogP contribution in [0, 0.1) is 0 Å². The topological polar surface area (TPSA) is 107 Å². The SMILES string of the molecule is O=C1c2c(O)cc(O)cc2O[C@@H](O)[C@H]1c1ccc(O)cc1. The molecular weight excluding hydrogens is 276 g/mol. The van der Waals surface area contributed by atoms with Crippen LogP contribution >= 0.6 is 0 Å². The van der Waals surface area contributed by atoms with Crippen molar-refractivity contribution in [2.75, 3.05) is 0 Å². The number of Topliss-reactive ketones (excluding diaryl/α,β-unsaturated/α-hetero) is 1. The summed E-state index contributed by atoms with van der Waals surface area (Å²) in [6.07, 6.45) is -1.45. The number of aliphatic hydroxyl groups is 1. The lowest BCUT2D eigenvalue weighted by atomic mass is 9.87. The smallest absolute Gasteiger partial charge is 0.211 e. The van der Waals surface area contributed by atoms with Gasteiger partial charge in [0.15, 0.2) is 5.78 Å². The Kier molecular flexibility index (Phi) is 2.95. The molecule has 0 saturated heterocycles. The first-order valence-electron chi connectivity index (χ1n) is 6.21. The van der Waals surface area contributed by atoms with Crippen LogP contribution < -0.4 is 4.74 Å². The Morgan fingerprint density at radius 2 is 1.62 bits per heavy atom. The highest BCUT2D eigenvalue weighted by Gasteiger charge is 2.39. The summed E-state index contributed by atoms with van der Waals surface area (Å²) in [4.78, 5) is 12.5. The normalized spacial score (nSPS) is 20.7. The quantitative estimate of drug-likeness (QED) is 0.633. The van der Waals surface area contributed by atoms with E-state index >= 15 is 0 Å². The highest BCUT2D eigenvalue weighted by atomic mass is 16.6. The first-order valence-corrected chi connectivity index (χ1v) is 6.21. The fourth-order valence-corrected chi connectivity index (χ4v) is 2.41. The van der Waals surface area contributed by atoms with Gasteiger partial charge in [-0.3, -0.25) is 4.79 Å². The predicted octanol–water partition coefficient (Wildman–Crippen LogP) is 1.48. The summed E-state index contributed by atoms with van der Waals surface area (Å²) in [7, 11) is 0. The summed E-state index contributed by atoms with van der Waals surface area (Å²) in [5, 5.41) is 38.5. The third-order valence-electron chi connectivity index (χ3n) is 3.38. The van der Waals surface area contributed by atoms with Crippen LogP contribution in [-0.2, 0) is 0 Å². The third-order valence-corrected chi connectivity index (χ3v) is 3.38. The molecule has 2 aromatic rings. The van der Waals surface area contributed by atoms with Gasteiger partial charge in [-0.2, -0.15) is 0 Å². The molecule has 0 unspecified atom stereocenters. The van der Waals surface area contributed by atoms with Gasteiger partial charge in [-0.05, 0) is 17.7 Å². The molecule has 6 nitrogen and oxygen atoms in total. The van der Waals surface area contributed by atoms with Crippen LogP contribution in [0.1, 0.15) is 21.8 Å². The Balaban J connectivity index is 2.09. The standard InChI is InChI=1S/C15H12O6/c16-8-3-1-7(2-4-8)12-14(19)13-10(18)5-9(17)6-11(13)21-15(12)20/h1-6,12,15-18,20H/t12-,15+/m0/s1. The molecule has 4 N–H and O–H groups in total. The van der Waals surface area contributed by atoms with Crippen LogP contribution in [0.15, 0.2) is 36.4 Å². The summed E-state index contributed by atoms with van der Waals surface area (Å²) in [5.74, 6) is -2.26. The Morgan fingerprint density at radius 1 is 0.952 bits per heavy atom. The zero-order chi connectivity index (χ0) is 15.1. The molecule has 2 atom stereocenters. The Labute approximate surface area is 119 Å². The number of carbonyl (C=O) groups is 1. The number of aliphatic hydroxyl groups excluding tert-OH is 1. The molecule has 0 amide bonds. The van der Waals surface area contributed by atoms with Crippen LogP contribution in [0.25, 0.3) is 0 Å². The molecule has 0 spiro atoms. The van der Waals surface area contributed by atoms with Crippen molar-refractivity contribution in [2.24, 2.45) is 0 Å². The number of aromatic hydroxyl groups is 3. The molecule has 1 aliphatic rings. The van der Waals surface area contributed by atoms with Gasteiger partial charge in [0, 0.05) is 12.1 Å². The molecule has 6 heteroatoms. The zero-order valence-electron chi connectivity index (χ0n) is 10.7. The maximum Gasteiger partial charge on any atom is 0.211 e. The van der Waals surface area contributed by atoms with Crippen molar-refractivity contribution in [1.82, 2.24) is 0 Å². The molecule has 1 heterocycles. The molecule has 1 aliphatic heterocycles. The molecule has 108 valence electrons. The molecule has 21 heavy (non-hydrogen) atoms. The van der Waals surface area contributed by atoms with E-state index in [1.807, 2.05) is 0 Å². The van der Waals surface area contributed by atoms with Gasteiger partial charge >= 0.3 is 0 Å². The maximum atomic E-state index is 12.5. The van der Waals surface area contributed by atoms with E-state index < -0.39 is 23.7 Å². The number of hydrogen-bond donors (Lipinski definition) is 4. The van der Waals surface area contributed by atoms with Crippen molar-refractivity contribution in [1.29, 1.82) is 0 Å². The fourth-order valence-electron chi connectivity index (χ4n) is 2.41. The van der Waals surface area contributed by atoms with Crippen LogP contribution in [0.4, 0.5) is 0 Å². The molecule has 2 aromatic carbocycles. The van der Waals surface area contributed by atoms with E-state index in [-0.39, 0.29) is 22.8 Å². The Bertz CT molecular complexity index is 707. The lowest BCUT2D eigenvalue weighted by Gasteiger charge is -2.29. The third kappa shape index (κ3) is 2.15. The van der Waals surface area contributed by atoms with Gasteiger partial charge in [-0.25, -0.2) is 0 Å². The van der Waals surface area contributed by atoms with Crippen molar-refractivity contribution in [3.05, 3.63) is 47.5 Å². The molecular formula is C15H12O6. The highest BCUT2D eigenvalue weighted by molar-refractivity contribution is 6.06. The molecule has 0 saturated carbocycles. The van der Waals surface area contributed by atoms with E-state index in [1.165, 1.54) is 24.3 Å². The van der Waals surface area contributed by atoms with Crippen molar-refractivity contribution in [3.8, 4) is 23.0 Å². The molecule has 0 fully saturated rings. The van der Waals surface area contributed by atoms with Gasteiger partial charge in [0.1, 0.15) is 34.5 Å². The van der Waals surface area contributed by atoms with Crippen molar-refractivity contribution >= 4 is 5.78 Å². The molecule has 0 bridgehead atoms. The number of phenolic OH excluding ortho intramolecular Hbond substituents is 3. The first kappa shape index (κ1) is 13.3. The fraction of sp³-hybridized carbons (Fsp3) is 0.133. The van der Waals surface area contributed by atoms with Crippen LogP contribution in [-0.4, -0.2) is 32.5 Å². The van der Waals surface area contributed by atoms with Crippen molar-refractivity contribution < 1.29 is 30.0 Å². The van der Waals surface area contributed by atoms with E-state index in [9.17, 15) is 25.2 Å². The number of benzene rings is 2. The highest BCUT2D eigenvalue weighted by Crippen LogP contribution is 2.42. The van der Waals surface area contributed by atoms with E-state index in [2.05, 4.69) is 0 Å². The average Bonchev–Trinajstić information content (AvgIpc) is 2.39. The van der Waals surface area contributed by atoms with Gasteiger partial charge < -0.3 is 25.2 Å². The van der Waals surface area contributed by atoms with Gasteiger partial charge in [0.05, 0.1) is 0 Å². The van der Waals surface area contributed by atoms with E-state index in [4.69, 9.17) is 4.74 Å². The largest absolute Gasteiger partial charge is 0.508 e. The van der Waals surface area contributed by atoms with Crippen LogP contribution in [0.5, 0.6) is 23.0 Å². The lowest BCUT2D eigenvalue weighted by Crippen LogP contribution is -2.35. The summed E-state index contributed by atoms with van der Waals surface area (Å²) in [6, 6.07) is 7.96. The van der Waals surface area contributed by atoms with Crippen molar-refractivity contribution in [2.45, 2.75) is 12.2 Å². The number of fused-ring (bicyclic) bond motifs is 1. The second kappa shape index (κ2) is 4.68.